The second kappa shape index (κ2) is 6.40. The van der Waals surface area contributed by atoms with Crippen LogP contribution in [0.25, 0.3) is 0 Å². The number of aliphatic hydroxyl groups is 1. The number of carbonyl (C=O) groups excluding carboxylic acids is 1. The first-order valence-electron chi connectivity index (χ1n) is 6.22. The number of hydrogen-bond donors (Lipinski definition) is 2. The highest BCUT2D eigenvalue weighted by atomic mass is 16.5. The van der Waals surface area contributed by atoms with Gasteiger partial charge in [0.15, 0.2) is 18.1 Å². The van der Waals surface area contributed by atoms with E-state index < -0.39 is 0 Å². The number of ether oxygens (including phenoxy) is 1. The highest BCUT2D eigenvalue weighted by Crippen LogP contribution is 2.24. The van der Waals surface area contributed by atoms with Crippen LogP contribution >= 0.6 is 0 Å². The van der Waals surface area contributed by atoms with Gasteiger partial charge < -0.3 is 19.8 Å². The van der Waals surface area contributed by atoms with Gasteiger partial charge in [-0.1, -0.05) is 12.1 Å². The highest BCUT2D eigenvalue weighted by Gasteiger charge is 2.20. The molecule has 1 aromatic carbocycles. The molecule has 0 aromatic heterocycles. The number of piperazine rings is 1. The number of aromatic hydroxyl groups is 1. The van der Waals surface area contributed by atoms with Crippen LogP contribution in [0.1, 0.15) is 0 Å². The van der Waals surface area contributed by atoms with E-state index >= 15 is 0 Å². The molecular formula is C13H18N2O4. The van der Waals surface area contributed by atoms with Gasteiger partial charge in [0, 0.05) is 26.2 Å². The molecule has 1 aromatic rings. The molecule has 0 atom stereocenters. The summed E-state index contributed by atoms with van der Waals surface area (Å²) in [7, 11) is 0. The maximum atomic E-state index is 11.9. The molecule has 6 nitrogen and oxygen atoms in total. The summed E-state index contributed by atoms with van der Waals surface area (Å²) in [6.45, 7) is 2.44. The monoisotopic (exact) mass is 266 g/mol. The molecule has 2 N–H and O–H groups in total. The average Bonchev–Trinajstić information content (AvgIpc) is 2.46. The number of amides is 1. The van der Waals surface area contributed by atoms with E-state index in [1.807, 2.05) is 4.90 Å². The topological polar surface area (TPSA) is 73.2 Å². The van der Waals surface area contributed by atoms with Crippen molar-refractivity contribution in [3.05, 3.63) is 24.3 Å². The van der Waals surface area contributed by atoms with Crippen molar-refractivity contribution in [1.82, 2.24) is 9.80 Å². The van der Waals surface area contributed by atoms with Crippen LogP contribution in [-0.2, 0) is 4.79 Å². The number of carbonyl (C=O) groups is 1. The van der Waals surface area contributed by atoms with E-state index in [1.54, 1.807) is 23.1 Å². The largest absolute Gasteiger partial charge is 0.504 e. The van der Waals surface area contributed by atoms with E-state index in [0.717, 1.165) is 0 Å². The minimum atomic E-state index is -0.110. The minimum Gasteiger partial charge on any atom is -0.504 e. The molecule has 1 fully saturated rings. The van der Waals surface area contributed by atoms with Gasteiger partial charge in [-0.15, -0.1) is 0 Å². The molecule has 0 spiro atoms. The number of nitrogens with zero attached hydrogens (tertiary/aromatic N) is 2. The van der Waals surface area contributed by atoms with Crippen molar-refractivity contribution in [2.24, 2.45) is 0 Å². The number of phenols is 1. The zero-order valence-corrected chi connectivity index (χ0v) is 10.7. The maximum Gasteiger partial charge on any atom is 0.260 e. The molecule has 6 heteroatoms. The first kappa shape index (κ1) is 13.6. The molecule has 0 saturated carbocycles. The average molecular weight is 266 g/mol. The van der Waals surface area contributed by atoms with Crippen LogP contribution in [0, 0.1) is 0 Å². The molecule has 1 aliphatic rings. The Balaban J connectivity index is 1.81. The van der Waals surface area contributed by atoms with Crippen LogP contribution in [0.15, 0.2) is 24.3 Å². The third-order valence-electron chi connectivity index (χ3n) is 3.14. The maximum absolute atomic E-state index is 11.9. The van der Waals surface area contributed by atoms with Crippen LogP contribution in [0.2, 0.25) is 0 Å². The molecule has 1 saturated heterocycles. The lowest BCUT2D eigenvalue weighted by Crippen LogP contribution is -2.50. The second-order valence-electron chi connectivity index (χ2n) is 4.40. The van der Waals surface area contributed by atoms with Gasteiger partial charge in [0.2, 0.25) is 0 Å². The number of benzene rings is 1. The summed E-state index contributed by atoms with van der Waals surface area (Å²) < 4.78 is 5.30. The number of phenolic OH excluding ortho intramolecular Hbond substituents is 1. The van der Waals surface area contributed by atoms with Crippen molar-refractivity contribution in [2.45, 2.75) is 0 Å². The fourth-order valence-electron chi connectivity index (χ4n) is 1.95. The third-order valence-corrected chi connectivity index (χ3v) is 3.14. The van der Waals surface area contributed by atoms with Gasteiger partial charge in [-0.3, -0.25) is 9.69 Å². The Hall–Kier alpha value is -1.79. The summed E-state index contributed by atoms with van der Waals surface area (Å²) in [4.78, 5) is 15.5. The number of para-hydroxylation sites is 2. The summed E-state index contributed by atoms with van der Waals surface area (Å²) in [6, 6.07) is 6.56. The third kappa shape index (κ3) is 3.59. The standard InChI is InChI=1S/C13H18N2O4/c16-10-14-5-7-15(8-6-14)13(18)9-19-12-4-2-1-3-11(12)17/h1-4,16-17H,5-10H2. The van der Waals surface area contributed by atoms with Gasteiger partial charge in [-0.05, 0) is 12.1 Å². The number of hydrogen-bond acceptors (Lipinski definition) is 5. The first-order chi connectivity index (χ1) is 9.20. The summed E-state index contributed by atoms with van der Waals surface area (Å²) in [6.07, 6.45) is 0. The van der Waals surface area contributed by atoms with Gasteiger partial charge in [-0.2, -0.15) is 0 Å². The molecule has 104 valence electrons. The van der Waals surface area contributed by atoms with Gasteiger partial charge >= 0.3 is 0 Å². The summed E-state index contributed by atoms with van der Waals surface area (Å²) in [5, 5.41) is 18.5. The van der Waals surface area contributed by atoms with Crippen LogP contribution in [0.3, 0.4) is 0 Å². The van der Waals surface area contributed by atoms with E-state index in [-0.39, 0.29) is 25.0 Å². The summed E-state index contributed by atoms with van der Waals surface area (Å²) >= 11 is 0. The van der Waals surface area contributed by atoms with Crippen LogP contribution in [0.5, 0.6) is 11.5 Å². The SMILES string of the molecule is O=C(COc1ccccc1O)N1CCN(CO)CC1. The van der Waals surface area contributed by atoms with Crippen molar-refractivity contribution in [2.75, 3.05) is 39.5 Å². The van der Waals surface area contributed by atoms with Crippen molar-refractivity contribution in [3.63, 3.8) is 0 Å². The van der Waals surface area contributed by atoms with E-state index in [0.29, 0.717) is 31.9 Å². The molecule has 1 aliphatic heterocycles. The molecule has 1 amide bonds. The quantitative estimate of drug-likeness (QED) is 0.794. The summed E-state index contributed by atoms with van der Waals surface area (Å²) in [5.74, 6) is 0.228. The fraction of sp³-hybridized carbons (Fsp3) is 0.462. The minimum absolute atomic E-state index is 0.0242. The lowest BCUT2D eigenvalue weighted by Gasteiger charge is -2.33. The number of aliphatic hydroxyl groups excluding tert-OH is 1. The molecule has 2 rings (SSSR count). The van der Waals surface area contributed by atoms with E-state index in [4.69, 9.17) is 9.84 Å². The normalized spacial score (nSPS) is 16.4. The molecule has 0 bridgehead atoms. The van der Waals surface area contributed by atoms with Crippen molar-refractivity contribution >= 4 is 5.91 Å². The first-order valence-corrected chi connectivity index (χ1v) is 6.22. The molecule has 1 heterocycles. The van der Waals surface area contributed by atoms with Crippen LogP contribution in [-0.4, -0.2) is 65.4 Å². The Morgan fingerprint density at radius 2 is 1.89 bits per heavy atom. The van der Waals surface area contributed by atoms with Gasteiger partial charge in [0.25, 0.3) is 5.91 Å². The fourth-order valence-corrected chi connectivity index (χ4v) is 1.95. The lowest BCUT2D eigenvalue weighted by atomic mass is 10.3. The Bertz CT molecular complexity index is 430. The Labute approximate surface area is 111 Å². The van der Waals surface area contributed by atoms with Crippen molar-refractivity contribution < 1.29 is 19.7 Å². The molecule has 19 heavy (non-hydrogen) atoms. The predicted octanol–water partition coefficient (Wildman–Crippen LogP) is -0.135. The molecule has 0 unspecified atom stereocenters. The zero-order valence-electron chi connectivity index (χ0n) is 10.7. The Morgan fingerprint density at radius 3 is 2.53 bits per heavy atom. The van der Waals surface area contributed by atoms with Crippen LogP contribution < -0.4 is 4.74 Å². The molecular weight excluding hydrogens is 248 g/mol. The van der Waals surface area contributed by atoms with Gasteiger partial charge in [0.05, 0.1) is 6.73 Å². The second-order valence-corrected chi connectivity index (χ2v) is 4.40. The van der Waals surface area contributed by atoms with Gasteiger partial charge in [0.1, 0.15) is 0 Å². The Kier molecular flexibility index (Phi) is 4.59. The lowest BCUT2D eigenvalue weighted by molar-refractivity contribution is -0.135. The van der Waals surface area contributed by atoms with E-state index in [9.17, 15) is 9.90 Å². The van der Waals surface area contributed by atoms with E-state index in [1.165, 1.54) is 6.07 Å². The van der Waals surface area contributed by atoms with Gasteiger partial charge in [-0.25, -0.2) is 0 Å². The Morgan fingerprint density at radius 1 is 1.21 bits per heavy atom. The summed E-state index contributed by atoms with van der Waals surface area (Å²) in [5.41, 5.74) is 0. The highest BCUT2D eigenvalue weighted by molar-refractivity contribution is 5.78. The predicted molar refractivity (Wildman–Crippen MR) is 68.8 cm³/mol. The van der Waals surface area contributed by atoms with E-state index in [2.05, 4.69) is 0 Å². The van der Waals surface area contributed by atoms with Crippen LogP contribution in [0.4, 0.5) is 0 Å². The zero-order chi connectivity index (χ0) is 13.7. The smallest absolute Gasteiger partial charge is 0.260 e. The van der Waals surface area contributed by atoms with Crippen molar-refractivity contribution in [3.8, 4) is 11.5 Å². The number of rotatable bonds is 4. The van der Waals surface area contributed by atoms with Crippen molar-refractivity contribution in [1.29, 1.82) is 0 Å². The molecule has 0 aliphatic carbocycles. The molecule has 0 radical (unpaired) electrons.